The van der Waals surface area contributed by atoms with Crippen molar-refractivity contribution in [3.05, 3.63) is 36.0 Å². The van der Waals surface area contributed by atoms with Gasteiger partial charge in [-0.1, -0.05) is 6.07 Å². The first-order chi connectivity index (χ1) is 11.5. The molecule has 1 aromatic carbocycles. The van der Waals surface area contributed by atoms with Crippen LogP contribution < -0.4 is 15.5 Å². The molecule has 8 nitrogen and oxygen atoms in total. The summed E-state index contributed by atoms with van der Waals surface area (Å²) < 4.78 is 5.19. The van der Waals surface area contributed by atoms with E-state index < -0.39 is 0 Å². The molecule has 3 amide bonds. The van der Waals surface area contributed by atoms with Gasteiger partial charge < -0.3 is 20.0 Å². The smallest absolute Gasteiger partial charge is 0.319 e. The third-order valence-corrected chi connectivity index (χ3v) is 3.84. The number of hydrogen-bond donors (Lipinski definition) is 2. The van der Waals surface area contributed by atoms with Crippen molar-refractivity contribution in [2.75, 3.05) is 10.2 Å². The zero-order valence-electron chi connectivity index (χ0n) is 13.6. The average molecular weight is 329 g/mol. The Morgan fingerprint density at radius 1 is 1.42 bits per heavy atom. The van der Waals surface area contributed by atoms with Gasteiger partial charge in [-0.25, -0.2) is 4.79 Å². The Balaban J connectivity index is 1.61. The number of carbonyl (C=O) groups is 2. The van der Waals surface area contributed by atoms with Crippen LogP contribution in [0.3, 0.4) is 0 Å². The number of nitrogens with one attached hydrogen (secondary N) is 2. The van der Waals surface area contributed by atoms with Crippen LogP contribution >= 0.6 is 0 Å². The molecule has 0 unspecified atom stereocenters. The number of carbonyl (C=O) groups excluding carboxylic acids is 2. The lowest BCUT2D eigenvalue weighted by Gasteiger charge is -2.22. The zero-order chi connectivity index (χ0) is 17.1. The van der Waals surface area contributed by atoms with Crippen molar-refractivity contribution < 1.29 is 14.0 Å². The number of urea groups is 1. The first-order valence-electron chi connectivity index (χ1n) is 7.79. The van der Waals surface area contributed by atoms with Crippen molar-refractivity contribution in [2.24, 2.45) is 0 Å². The standard InChI is InChI=1S/C16H19N5O3/c1-10-6-7-15(22)21(10)13-5-3-4-12(8-13)18-16(23)17-9-14-20-19-11(2)24-14/h3-5,8,10H,6-7,9H2,1-2H3,(H2,17,18,23)/t10-/m0/s1. The number of nitrogens with zero attached hydrogens (tertiary/aromatic N) is 3. The molecule has 0 bridgehead atoms. The van der Waals surface area contributed by atoms with Gasteiger partial charge in [0.1, 0.15) is 0 Å². The summed E-state index contributed by atoms with van der Waals surface area (Å²) in [4.78, 5) is 25.7. The van der Waals surface area contributed by atoms with Crippen molar-refractivity contribution >= 4 is 23.3 Å². The minimum absolute atomic E-state index is 0.107. The third-order valence-electron chi connectivity index (χ3n) is 3.84. The molecule has 1 atom stereocenters. The summed E-state index contributed by atoms with van der Waals surface area (Å²) >= 11 is 0. The topological polar surface area (TPSA) is 100 Å². The van der Waals surface area contributed by atoms with Gasteiger partial charge in [-0.2, -0.15) is 0 Å². The number of benzene rings is 1. The predicted molar refractivity (Wildman–Crippen MR) is 87.5 cm³/mol. The molecular weight excluding hydrogens is 310 g/mol. The lowest BCUT2D eigenvalue weighted by atomic mass is 10.2. The Morgan fingerprint density at radius 3 is 2.92 bits per heavy atom. The minimum Gasteiger partial charge on any atom is -0.424 e. The van der Waals surface area contributed by atoms with Crippen LogP contribution in [-0.2, 0) is 11.3 Å². The molecule has 1 aliphatic heterocycles. The van der Waals surface area contributed by atoms with E-state index in [9.17, 15) is 9.59 Å². The fourth-order valence-corrected chi connectivity index (χ4v) is 2.70. The highest BCUT2D eigenvalue weighted by molar-refractivity contribution is 5.97. The van der Waals surface area contributed by atoms with Crippen molar-refractivity contribution in [3.63, 3.8) is 0 Å². The molecule has 1 aliphatic rings. The van der Waals surface area contributed by atoms with Crippen LogP contribution in [0.4, 0.5) is 16.2 Å². The van der Waals surface area contributed by atoms with Crippen LogP contribution in [0.2, 0.25) is 0 Å². The van der Waals surface area contributed by atoms with Crippen molar-refractivity contribution in [1.29, 1.82) is 0 Å². The maximum absolute atomic E-state index is 12.0. The largest absolute Gasteiger partial charge is 0.424 e. The maximum atomic E-state index is 12.0. The number of anilines is 2. The van der Waals surface area contributed by atoms with Gasteiger partial charge in [0.25, 0.3) is 0 Å². The van der Waals surface area contributed by atoms with Gasteiger partial charge in [-0.15, -0.1) is 10.2 Å². The monoisotopic (exact) mass is 329 g/mol. The highest BCUT2D eigenvalue weighted by Gasteiger charge is 2.28. The summed E-state index contributed by atoms with van der Waals surface area (Å²) in [6, 6.07) is 7.02. The second kappa shape index (κ2) is 6.69. The molecule has 0 saturated carbocycles. The second-order valence-electron chi connectivity index (χ2n) is 5.72. The Kier molecular flexibility index (Phi) is 4.45. The van der Waals surface area contributed by atoms with E-state index in [1.807, 2.05) is 19.1 Å². The van der Waals surface area contributed by atoms with Crippen LogP contribution in [0.15, 0.2) is 28.7 Å². The van der Waals surface area contributed by atoms with Crippen LogP contribution in [0.1, 0.15) is 31.5 Å². The molecule has 3 rings (SSSR count). The third kappa shape index (κ3) is 3.53. The lowest BCUT2D eigenvalue weighted by molar-refractivity contribution is -0.117. The number of rotatable bonds is 4. The molecule has 1 saturated heterocycles. The molecular formula is C16H19N5O3. The van der Waals surface area contributed by atoms with E-state index >= 15 is 0 Å². The van der Waals surface area contributed by atoms with Gasteiger partial charge in [-0.05, 0) is 31.5 Å². The van der Waals surface area contributed by atoms with Gasteiger partial charge in [-0.3, -0.25) is 4.79 Å². The number of aryl methyl sites for hydroxylation is 1. The van der Waals surface area contributed by atoms with Crippen LogP contribution in [0.25, 0.3) is 0 Å². The zero-order valence-corrected chi connectivity index (χ0v) is 13.6. The van der Waals surface area contributed by atoms with E-state index in [1.54, 1.807) is 24.0 Å². The van der Waals surface area contributed by atoms with E-state index in [0.29, 0.717) is 23.9 Å². The summed E-state index contributed by atoms with van der Waals surface area (Å²) in [5.41, 5.74) is 1.40. The van der Waals surface area contributed by atoms with Crippen molar-refractivity contribution in [3.8, 4) is 0 Å². The van der Waals surface area contributed by atoms with Crippen LogP contribution in [0, 0.1) is 6.92 Å². The number of hydrogen-bond acceptors (Lipinski definition) is 5. The maximum Gasteiger partial charge on any atom is 0.319 e. The average Bonchev–Trinajstić information content (AvgIpc) is 3.11. The van der Waals surface area contributed by atoms with Gasteiger partial charge >= 0.3 is 6.03 Å². The molecule has 1 aromatic heterocycles. The van der Waals surface area contributed by atoms with E-state index in [4.69, 9.17) is 4.42 Å². The molecule has 0 aliphatic carbocycles. The molecule has 2 N–H and O–H groups in total. The Morgan fingerprint density at radius 2 is 2.25 bits per heavy atom. The molecule has 126 valence electrons. The molecule has 2 aromatic rings. The van der Waals surface area contributed by atoms with E-state index in [0.717, 1.165) is 12.1 Å². The minimum atomic E-state index is -0.385. The number of aromatic nitrogens is 2. The molecule has 1 fully saturated rings. The second-order valence-corrected chi connectivity index (χ2v) is 5.72. The van der Waals surface area contributed by atoms with E-state index in [1.165, 1.54) is 0 Å². The highest BCUT2D eigenvalue weighted by atomic mass is 16.4. The SMILES string of the molecule is Cc1nnc(CNC(=O)Nc2cccc(N3C(=O)CC[C@@H]3C)c2)o1. The van der Waals surface area contributed by atoms with E-state index in [2.05, 4.69) is 20.8 Å². The van der Waals surface area contributed by atoms with Crippen LogP contribution in [0.5, 0.6) is 0 Å². The molecule has 24 heavy (non-hydrogen) atoms. The summed E-state index contributed by atoms with van der Waals surface area (Å²) in [6.45, 7) is 3.85. The normalized spacial score (nSPS) is 17.2. The highest BCUT2D eigenvalue weighted by Crippen LogP contribution is 2.28. The molecule has 0 spiro atoms. The van der Waals surface area contributed by atoms with E-state index in [-0.39, 0.29) is 24.5 Å². The van der Waals surface area contributed by atoms with Gasteiger partial charge in [0.05, 0.1) is 6.54 Å². The lowest BCUT2D eigenvalue weighted by Crippen LogP contribution is -2.31. The Labute approximate surface area is 139 Å². The Hall–Kier alpha value is -2.90. The fraction of sp³-hybridized carbons (Fsp3) is 0.375. The predicted octanol–water partition coefficient (Wildman–Crippen LogP) is 2.22. The molecule has 2 heterocycles. The first-order valence-corrected chi connectivity index (χ1v) is 7.79. The van der Waals surface area contributed by atoms with Gasteiger partial charge in [0, 0.05) is 30.8 Å². The van der Waals surface area contributed by atoms with Crippen molar-refractivity contribution in [2.45, 2.75) is 39.3 Å². The van der Waals surface area contributed by atoms with Gasteiger partial charge in [0.15, 0.2) is 0 Å². The summed E-state index contributed by atoms with van der Waals surface area (Å²) in [5.74, 6) is 0.896. The molecule has 0 radical (unpaired) electrons. The van der Waals surface area contributed by atoms with Crippen LogP contribution in [-0.4, -0.2) is 28.2 Å². The van der Waals surface area contributed by atoms with Crippen molar-refractivity contribution in [1.82, 2.24) is 15.5 Å². The Bertz CT molecular complexity index is 758. The summed E-state index contributed by atoms with van der Waals surface area (Å²) in [7, 11) is 0. The fourth-order valence-electron chi connectivity index (χ4n) is 2.70. The summed E-state index contributed by atoms with van der Waals surface area (Å²) in [5, 5.41) is 12.9. The number of amides is 3. The first kappa shape index (κ1) is 16.0. The summed E-state index contributed by atoms with van der Waals surface area (Å²) in [6.07, 6.45) is 1.41. The quantitative estimate of drug-likeness (QED) is 0.896. The van der Waals surface area contributed by atoms with Gasteiger partial charge in [0.2, 0.25) is 17.7 Å². The molecule has 8 heteroatoms.